The van der Waals surface area contributed by atoms with Gasteiger partial charge in [-0.05, 0) is 36.1 Å². The van der Waals surface area contributed by atoms with E-state index in [1.165, 1.54) is 11.8 Å². The summed E-state index contributed by atoms with van der Waals surface area (Å²) < 4.78 is 16.9. The van der Waals surface area contributed by atoms with E-state index in [1.54, 1.807) is 33.6 Å². The van der Waals surface area contributed by atoms with Crippen LogP contribution in [0.3, 0.4) is 0 Å². The van der Waals surface area contributed by atoms with Crippen LogP contribution < -0.4 is 19.6 Å². The van der Waals surface area contributed by atoms with E-state index in [0.29, 0.717) is 22.1 Å². The largest absolute Gasteiger partial charge is 0.492 e. The average Bonchev–Trinajstić information content (AvgIpc) is 2.87. The molecular formula is C20H17NO4S. The molecule has 3 aromatic rings. The van der Waals surface area contributed by atoms with E-state index in [0.717, 1.165) is 33.2 Å². The summed E-state index contributed by atoms with van der Waals surface area (Å²) in [5, 5.41) is 1.85. The van der Waals surface area contributed by atoms with E-state index in [1.807, 2.05) is 24.5 Å². The number of rotatable bonds is 4. The van der Waals surface area contributed by atoms with Gasteiger partial charge in [-0.25, -0.2) is 0 Å². The molecule has 1 aliphatic carbocycles. The molecule has 1 aromatic heterocycles. The molecule has 0 N–H and O–H groups in total. The lowest BCUT2D eigenvalue weighted by Crippen LogP contribution is -1.98. The summed E-state index contributed by atoms with van der Waals surface area (Å²) in [7, 11) is 4.80. The number of hydrogen-bond donors (Lipinski definition) is 0. The number of thioether (sulfide) groups is 1. The highest BCUT2D eigenvalue weighted by Gasteiger charge is 2.31. The minimum absolute atomic E-state index is 0.0138. The van der Waals surface area contributed by atoms with Crippen molar-refractivity contribution in [3.8, 4) is 39.6 Å². The first kappa shape index (κ1) is 16.7. The van der Waals surface area contributed by atoms with Crippen LogP contribution in [0, 0.1) is 0 Å². The molecule has 132 valence electrons. The maximum atomic E-state index is 12.3. The Hall–Kier alpha value is -2.73. The lowest BCUT2D eigenvalue weighted by atomic mass is 10.0. The zero-order chi connectivity index (χ0) is 18.4. The highest BCUT2D eigenvalue weighted by atomic mass is 32.2. The smallest absolute Gasteiger partial charge is 0.204 e. The summed E-state index contributed by atoms with van der Waals surface area (Å²) in [6, 6.07) is 7.24. The first-order valence-corrected chi connectivity index (χ1v) is 9.22. The second kappa shape index (κ2) is 6.21. The van der Waals surface area contributed by atoms with Gasteiger partial charge in [-0.3, -0.25) is 9.78 Å². The van der Waals surface area contributed by atoms with Crippen molar-refractivity contribution >= 4 is 22.5 Å². The molecule has 26 heavy (non-hydrogen) atoms. The van der Waals surface area contributed by atoms with Crippen LogP contribution in [-0.4, -0.2) is 32.6 Å². The molecule has 0 spiro atoms. The molecule has 0 unspecified atom stereocenters. The fourth-order valence-corrected chi connectivity index (χ4v) is 4.09. The van der Waals surface area contributed by atoms with Crippen LogP contribution in [0.1, 0.15) is 0 Å². The quantitative estimate of drug-likeness (QED) is 0.508. The topological polar surface area (TPSA) is 57.6 Å². The number of methoxy groups -OCH3 is 3. The highest BCUT2D eigenvalue weighted by Crippen LogP contribution is 2.57. The zero-order valence-corrected chi connectivity index (χ0v) is 15.7. The Bertz CT molecular complexity index is 1110. The number of fused-ring (bicyclic) bond motifs is 3. The SMILES string of the molecule is COc1c(OC)c2c3c(nccc3c1OC)-c1cc(SC)c(=O)ccc1-2. The molecule has 0 saturated heterocycles. The van der Waals surface area contributed by atoms with Crippen molar-refractivity contribution in [3.05, 3.63) is 40.7 Å². The molecule has 1 aliphatic rings. The van der Waals surface area contributed by atoms with Crippen molar-refractivity contribution in [2.45, 2.75) is 4.90 Å². The van der Waals surface area contributed by atoms with Gasteiger partial charge in [-0.15, -0.1) is 11.8 Å². The number of benzene rings is 1. The van der Waals surface area contributed by atoms with Crippen molar-refractivity contribution in [1.82, 2.24) is 4.98 Å². The van der Waals surface area contributed by atoms with Crippen molar-refractivity contribution in [1.29, 1.82) is 0 Å². The van der Waals surface area contributed by atoms with Crippen molar-refractivity contribution in [2.24, 2.45) is 0 Å². The lowest BCUT2D eigenvalue weighted by Gasteiger charge is -2.17. The van der Waals surface area contributed by atoms with Crippen LogP contribution in [-0.2, 0) is 0 Å². The number of ether oxygens (including phenoxy) is 3. The van der Waals surface area contributed by atoms with E-state index >= 15 is 0 Å². The molecule has 2 aromatic carbocycles. The number of pyridine rings is 1. The van der Waals surface area contributed by atoms with Crippen LogP contribution in [0.15, 0.2) is 40.2 Å². The molecule has 0 radical (unpaired) electrons. The summed E-state index contributed by atoms with van der Waals surface area (Å²) in [5.41, 5.74) is 3.49. The Morgan fingerprint density at radius 2 is 1.65 bits per heavy atom. The predicted octanol–water partition coefficient (Wildman–Crippen LogP) is 3.99. The van der Waals surface area contributed by atoms with E-state index in [-0.39, 0.29) is 5.43 Å². The summed E-state index contributed by atoms with van der Waals surface area (Å²) in [4.78, 5) is 17.6. The Kier molecular flexibility index (Phi) is 4.00. The predicted molar refractivity (Wildman–Crippen MR) is 104 cm³/mol. The highest BCUT2D eigenvalue weighted by molar-refractivity contribution is 7.98. The molecule has 6 heteroatoms. The first-order chi connectivity index (χ1) is 12.7. The van der Waals surface area contributed by atoms with Gasteiger partial charge in [0.05, 0.1) is 31.9 Å². The van der Waals surface area contributed by atoms with Crippen LogP contribution in [0.25, 0.3) is 33.2 Å². The van der Waals surface area contributed by atoms with Gasteiger partial charge in [0.25, 0.3) is 0 Å². The fraction of sp³-hybridized carbons (Fsp3) is 0.200. The van der Waals surface area contributed by atoms with Crippen molar-refractivity contribution in [3.63, 3.8) is 0 Å². The Morgan fingerprint density at radius 1 is 0.923 bits per heavy atom. The molecule has 0 atom stereocenters. The van der Waals surface area contributed by atoms with E-state index in [2.05, 4.69) is 4.98 Å². The lowest BCUT2D eigenvalue weighted by molar-refractivity contribution is 0.328. The number of nitrogens with zero attached hydrogens (tertiary/aromatic N) is 1. The molecule has 5 nitrogen and oxygen atoms in total. The van der Waals surface area contributed by atoms with Crippen molar-refractivity contribution in [2.75, 3.05) is 27.6 Å². The number of aromatic nitrogens is 1. The minimum atomic E-state index is -0.0138. The Balaban J connectivity index is 2.25. The summed E-state index contributed by atoms with van der Waals surface area (Å²) >= 11 is 1.43. The molecule has 4 rings (SSSR count). The monoisotopic (exact) mass is 367 g/mol. The van der Waals surface area contributed by atoms with Crippen LogP contribution in [0.5, 0.6) is 17.2 Å². The zero-order valence-electron chi connectivity index (χ0n) is 14.9. The van der Waals surface area contributed by atoms with Gasteiger partial charge >= 0.3 is 0 Å². The van der Waals surface area contributed by atoms with Crippen molar-refractivity contribution < 1.29 is 14.2 Å². The van der Waals surface area contributed by atoms with Gasteiger partial charge in [-0.2, -0.15) is 0 Å². The Labute approximate surface area is 154 Å². The van der Waals surface area contributed by atoms with Gasteiger partial charge in [0.1, 0.15) is 0 Å². The standard InChI is InChI=1S/C20H17NO4S/c1-23-18-11-7-8-21-17-12-9-14(26-4)13(22)6-5-10(12)16(15(11)17)19(24-2)20(18)25-3/h5-9H,1-4H3. The normalized spacial score (nSPS) is 11.4. The Morgan fingerprint density at radius 3 is 2.31 bits per heavy atom. The minimum Gasteiger partial charge on any atom is -0.492 e. The molecule has 0 saturated carbocycles. The van der Waals surface area contributed by atoms with E-state index in [9.17, 15) is 4.79 Å². The van der Waals surface area contributed by atoms with Gasteiger partial charge in [0.2, 0.25) is 5.75 Å². The summed E-state index contributed by atoms with van der Waals surface area (Å²) in [6.45, 7) is 0. The summed E-state index contributed by atoms with van der Waals surface area (Å²) in [5.74, 6) is 1.72. The van der Waals surface area contributed by atoms with Crippen LogP contribution in [0.2, 0.25) is 0 Å². The van der Waals surface area contributed by atoms with Gasteiger partial charge in [0, 0.05) is 28.1 Å². The third-order valence-corrected chi connectivity index (χ3v) is 5.41. The maximum absolute atomic E-state index is 12.3. The van der Waals surface area contributed by atoms with Crippen LogP contribution in [0.4, 0.5) is 0 Å². The van der Waals surface area contributed by atoms with E-state index < -0.39 is 0 Å². The molecular weight excluding hydrogens is 350 g/mol. The molecule has 0 aliphatic heterocycles. The molecule has 0 fully saturated rings. The molecule has 1 heterocycles. The number of hydrogen-bond acceptors (Lipinski definition) is 6. The fourth-order valence-electron chi connectivity index (χ4n) is 3.58. The maximum Gasteiger partial charge on any atom is 0.204 e. The van der Waals surface area contributed by atoms with E-state index in [4.69, 9.17) is 14.2 Å². The second-order valence-corrected chi connectivity index (χ2v) is 6.64. The molecule has 0 bridgehead atoms. The van der Waals surface area contributed by atoms with Crippen LogP contribution >= 0.6 is 11.8 Å². The van der Waals surface area contributed by atoms with Gasteiger partial charge in [0.15, 0.2) is 16.9 Å². The molecule has 0 amide bonds. The first-order valence-electron chi connectivity index (χ1n) is 8.00. The third-order valence-electron chi connectivity index (χ3n) is 4.65. The average molecular weight is 367 g/mol. The van der Waals surface area contributed by atoms with Gasteiger partial charge < -0.3 is 14.2 Å². The third kappa shape index (κ3) is 2.12. The summed E-state index contributed by atoms with van der Waals surface area (Å²) in [6.07, 6.45) is 3.64. The second-order valence-electron chi connectivity index (χ2n) is 5.79. The van der Waals surface area contributed by atoms with Gasteiger partial charge in [-0.1, -0.05) is 0 Å².